The second kappa shape index (κ2) is 4.90. The standard InChI is InChI=1S/C15H19N3O2/c1-11-9-18(10-12-5-3-2-4-6-12)8-7-15(11)13(19)16-14(20)17-15/h2-6,11H,7-10H2,1H3,(H2,16,17,19,20)/t11-,15+/m1/s1. The third kappa shape index (κ3) is 2.18. The molecule has 0 radical (unpaired) electrons. The molecule has 106 valence electrons. The number of amides is 3. The number of hydrogen-bond donors (Lipinski definition) is 2. The van der Waals surface area contributed by atoms with Crippen molar-refractivity contribution in [3.8, 4) is 0 Å². The Kier molecular flexibility index (Phi) is 3.22. The van der Waals surface area contributed by atoms with Crippen molar-refractivity contribution in [2.75, 3.05) is 13.1 Å². The highest BCUT2D eigenvalue weighted by Gasteiger charge is 2.52. The van der Waals surface area contributed by atoms with Gasteiger partial charge in [-0.3, -0.25) is 15.0 Å². The minimum absolute atomic E-state index is 0.103. The molecule has 0 saturated carbocycles. The van der Waals surface area contributed by atoms with Gasteiger partial charge in [0, 0.05) is 25.6 Å². The van der Waals surface area contributed by atoms with Crippen molar-refractivity contribution in [3.63, 3.8) is 0 Å². The number of nitrogens with one attached hydrogen (secondary N) is 2. The van der Waals surface area contributed by atoms with Gasteiger partial charge in [-0.05, 0) is 12.0 Å². The number of hydrogen-bond acceptors (Lipinski definition) is 3. The average molecular weight is 273 g/mol. The minimum Gasteiger partial charge on any atom is -0.323 e. The van der Waals surface area contributed by atoms with E-state index in [1.54, 1.807) is 0 Å². The molecule has 1 spiro atoms. The van der Waals surface area contributed by atoms with Crippen molar-refractivity contribution in [2.24, 2.45) is 5.92 Å². The van der Waals surface area contributed by atoms with E-state index in [4.69, 9.17) is 0 Å². The highest BCUT2D eigenvalue weighted by atomic mass is 16.2. The van der Waals surface area contributed by atoms with Gasteiger partial charge in [-0.25, -0.2) is 4.79 Å². The maximum absolute atomic E-state index is 12.0. The summed E-state index contributed by atoms with van der Waals surface area (Å²) in [7, 11) is 0. The molecule has 3 amide bonds. The molecule has 1 aromatic carbocycles. The lowest BCUT2D eigenvalue weighted by Crippen LogP contribution is -2.60. The van der Waals surface area contributed by atoms with Crippen LogP contribution in [0.5, 0.6) is 0 Å². The van der Waals surface area contributed by atoms with Crippen LogP contribution in [0.4, 0.5) is 4.79 Å². The molecule has 5 heteroatoms. The Morgan fingerprint density at radius 2 is 2.05 bits per heavy atom. The van der Waals surface area contributed by atoms with Gasteiger partial charge < -0.3 is 5.32 Å². The highest BCUT2D eigenvalue weighted by Crippen LogP contribution is 2.31. The molecule has 2 heterocycles. The first-order valence-corrected chi connectivity index (χ1v) is 7.00. The molecular formula is C15H19N3O2. The SMILES string of the molecule is C[C@@H]1CN(Cc2ccccc2)CC[C@]12NC(=O)NC2=O. The molecule has 0 aromatic heterocycles. The molecule has 20 heavy (non-hydrogen) atoms. The monoisotopic (exact) mass is 273 g/mol. The zero-order valence-electron chi connectivity index (χ0n) is 11.6. The second-order valence-electron chi connectivity index (χ2n) is 5.75. The first kappa shape index (κ1) is 13.1. The van der Waals surface area contributed by atoms with Crippen molar-refractivity contribution < 1.29 is 9.59 Å². The van der Waals surface area contributed by atoms with Gasteiger partial charge in [-0.15, -0.1) is 0 Å². The summed E-state index contributed by atoms with van der Waals surface area (Å²) in [5.74, 6) is -0.0687. The summed E-state index contributed by atoms with van der Waals surface area (Å²) in [6.07, 6.45) is 0.665. The minimum atomic E-state index is -0.704. The summed E-state index contributed by atoms with van der Waals surface area (Å²) in [5, 5.41) is 5.19. The second-order valence-corrected chi connectivity index (χ2v) is 5.75. The van der Waals surface area contributed by atoms with E-state index in [0.717, 1.165) is 19.6 Å². The lowest BCUT2D eigenvalue weighted by atomic mass is 9.79. The van der Waals surface area contributed by atoms with E-state index < -0.39 is 5.54 Å². The third-order valence-corrected chi connectivity index (χ3v) is 4.41. The van der Waals surface area contributed by atoms with Crippen LogP contribution >= 0.6 is 0 Å². The number of carbonyl (C=O) groups excluding carboxylic acids is 2. The molecule has 0 aliphatic carbocycles. The van der Waals surface area contributed by atoms with Gasteiger partial charge in [-0.1, -0.05) is 37.3 Å². The van der Waals surface area contributed by atoms with E-state index in [1.807, 2.05) is 25.1 Å². The number of nitrogens with zero attached hydrogens (tertiary/aromatic N) is 1. The number of carbonyl (C=O) groups is 2. The summed E-state index contributed by atoms with van der Waals surface area (Å²) in [6.45, 7) is 4.54. The van der Waals surface area contributed by atoms with Gasteiger partial charge in [-0.2, -0.15) is 0 Å². The van der Waals surface area contributed by atoms with Crippen LogP contribution in [0, 0.1) is 5.92 Å². The number of rotatable bonds is 2. The third-order valence-electron chi connectivity index (χ3n) is 4.41. The smallest absolute Gasteiger partial charge is 0.322 e. The van der Waals surface area contributed by atoms with Crippen LogP contribution in [0.15, 0.2) is 30.3 Å². The Bertz CT molecular complexity index is 531. The van der Waals surface area contributed by atoms with Gasteiger partial charge in [0.2, 0.25) is 0 Å². The molecule has 2 fully saturated rings. The molecule has 5 nitrogen and oxygen atoms in total. The molecule has 2 atom stereocenters. The fourth-order valence-corrected chi connectivity index (χ4v) is 3.23. The molecule has 2 saturated heterocycles. The van der Waals surface area contributed by atoms with Crippen molar-refractivity contribution in [1.82, 2.24) is 15.5 Å². The van der Waals surface area contributed by atoms with Crippen molar-refractivity contribution in [1.29, 1.82) is 0 Å². The average Bonchev–Trinajstić information content (AvgIpc) is 2.71. The van der Waals surface area contributed by atoms with E-state index in [-0.39, 0.29) is 17.9 Å². The van der Waals surface area contributed by atoms with E-state index >= 15 is 0 Å². The zero-order chi connectivity index (χ0) is 14.2. The number of likely N-dealkylation sites (tertiary alicyclic amines) is 1. The first-order valence-electron chi connectivity index (χ1n) is 7.00. The fraction of sp³-hybridized carbons (Fsp3) is 0.467. The predicted octanol–water partition coefficient (Wildman–Crippen LogP) is 1.11. The molecule has 0 bridgehead atoms. The Labute approximate surface area is 118 Å². The summed E-state index contributed by atoms with van der Waals surface area (Å²) in [6, 6.07) is 9.94. The fourth-order valence-electron chi connectivity index (χ4n) is 3.23. The molecule has 1 aromatic rings. The Morgan fingerprint density at radius 3 is 2.65 bits per heavy atom. The molecule has 2 aliphatic heterocycles. The molecule has 2 aliphatic rings. The van der Waals surface area contributed by atoms with Gasteiger partial charge in [0.25, 0.3) is 5.91 Å². The van der Waals surface area contributed by atoms with Crippen molar-refractivity contribution >= 4 is 11.9 Å². The lowest BCUT2D eigenvalue weighted by molar-refractivity contribution is -0.127. The zero-order valence-corrected chi connectivity index (χ0v) is 11.6. The van der Waals surface area contributed by atoms with Crippen LogP contribution in [-0.2, 0) is 11.3 Å². The lowest BCUT2D eigenvalue weighted by Gasteiger charge is -2.42. The van der Waals surface area contributed by atoms with Crippen molar-refractivity contribution in [3.05, 3.63) is 35.9 Å². The maximum Gasteiger partial charge on any atom is 0.322 e. The Morgan fingerprint density at radius 1 is 1.30 bits per heavy atom. The van der Waals surface area contributed by atoms with Crippen LogP contribution in [0.3, 0.4) is 0 Å². The predicted molar refractivity (Wildman–Crippen MR) is 74.9 cm³/mol. The van der Waals surface area contributed by atoms with E-state index in [1.165, 1.54) is 5.56 Å². The Balaban J connectivity index is 1.68. The maximum atomic E-state index is 12.0. The number of benzene rings is 1. The van der Waals surface area contributed by atoms with Gasteiger partial charge >= 0.3 is 6.03 Å². The molecule has 3 rings (SSSR count). The topological polar surface area (TPSA) is 61.4 Å². The van der Waals surface area contributed by atoms with Crippen molar-refractivity contribution in [2.45, 2.75) is 25.4 Å². The van der Waals surface area contributed by atoms with Gasteiger partial charge in [0.05, 0.1) is 0 Å². The number of urea groups is 1. The molecule has 0 unspecified atom stereocenters. The normalized spacial score (nSPS) is 30.4. The van der Waals surface area contributed by atoms with Crippen LogP contribution in [-0.4, -0.2) is 35.5 Å². The van der Waals surface area contributed by atoms with Crippen LogP contribution in [0.2, 0.25) is 0 Å². The van der Waals surface area contributed by atoms with E-state index in [0.29, 0.717) is 6.42 Å². The quantitative estimate of drug-likeness (QED) is 0.793. The summed E-state index contributed by atoms with van der Waals surface area (Å²) in [4.78, 5) is 25.7. The van der Waals surface area contributed by atoms with Crippen LogP contribution < -0.4 is 10.6 Å². The Hall–Kier alpha value is -1.88. The van der Waals surface area contributed by atoms with Crippen LogP contribution in [0.1, 0.15) is 18.9 Å². The van der Waals surface area contributed by atoms with Gasteiger partial charge in [0.15, 0.2) is 0 Å². The summed E-state index contributed by atoms with van der Waals surface area (Å²) in [5.41, 5.74) is 0.570. The molecule has 2 N–H and O–H groups in total. The van der Waals surface area contributed by atoms with E-state index in [9.17, 15) is 9.59 Å². The number of piperidine rings is 1. The summed E-state index contributed by atoms with van der Waals surface area (Å²) < 4.78 is 0. The van der Waals surface area contributed by atoms with E-state index in [2.05, 4.69) is 27.7 Å². The highest BCUT2D eigenvalue weighted by molar-refractivity contribution is 6.07. The molecular weight excluding hydrogens is 254 g/mol. The largest absolute Gasteiger partial charge is 0.323 e. The number of imide groups is 1. The van der Waals surface area contributed by atoms with Crippen LogP contribution in [0.25, 0.3) is 0 Å². The van der Waals surface area contributed by atoms with Gasteiger partial charge in [0.1, 0.15) is 5.54 Å². The summed E-state index contributed by atoms with van der Waals surface area (Å²) >= 11 is 0. The first-order chi connectivity index (χ1) is 9.60.